The summed E-state index contributed by atoms with van der Waals surface area (Å²) < 4.78 is 5.34. The lowest BCUT2D eigenvalue weighted by atomic mass is 9.89. The summed E-state index contributed by atoms with van der Waals surface area (Å²) in [5.74, 6) is 0.876. The lowest BCUT2D eigenvalue weighted by Crippen LogP contribution is -2.33. The molecule has 2 unspecified atom stereocenters. The molecule has 4 heteroatoms. The van der Waals surface area contributed by atoms with Gasteiger partial charge in [-0.2, -0.15) is 0 Å². The first-order valence-electron chi connectivity index (χ1n) is 5.22. The van der Waals surface area contributed by atoms with Crippen molar-refractivity contribution in [2.24, 2.45) is 0 Å². The Kier molecular flexibility index (Phi) is 4.19. The van der Waals surface area contributed by atoms with Crippen LogP contribution >= 0.6 is 12.4 Å². The van der Waals surface area contributed by atoms with Gasteiger partial charge in [0.2, 0.25) is 0 Å². The number of para-hydroxylation sites is 1. The first-order valence-corrected chi connectivity index (χ1v) is 5.22. The minimum absolute atomic E-state index is 0. The number of aliphatic hydroxyl groups is 1. The van der Waals surface area contributed by atoms with Crippen LogP contribution in [0.25, 0.3) is 0 Å². The maximum Gasteiger partial charge on any atom is 0.123 e. The fourth-order valence-electron chi connectivity index (χ4n) is 2.26. The molecule has 1 heterocycles. The Balaban J connectivity index is 0.00000128. The molecule has 0 aliphatic carbocycles. The van der Waals surface area contributed by atoms with Gasteiger partial charge in [-0.1, -0.05) is 18.2 Å². The van der Waals surface area contributed by atoms with E-state index in [1.54, 1.807) is 7.11 Å². The summed E-state index contributed by atoms with van der Waals surface area (Å²) in [6, 6.07) is 7.95. The van der Waals surface area contributed by atoms with E-state index in [2.05, 4.69) is 12.2 Å². The third kappa shape index (κ3) is 2.32. The van der Waals surface area contributed by atoms with Crippen molar-refractivity contribution in [2.45, 2.75) is 25.0 Å². The average Bonchev–Trinajstić information content (AvgIpc) is 2.60. The van der Waals surface area contributed by atoms with E-state index < -0.39 is 0 Å². The molecule has 90 valence electrons. The van der Waals surface area contributed by atoms with Crippen LogP contribution < -0.4 is 10.1 Å². The van der Waals surface area contributed by atoms with Gasteiger partial charge >= 0.3 is 0 Å². The molecule has 2 atom stereocenters. The Morgan fingerprint density at radius 2 is 2.12 bits per heavy atom. The quantitative estimate of drug-likeness (QED) is 0.831. The minimum Gasteiger partial charge on any atom is -0.496 e. The van der Waals surface area contributed by atoms with Gasteiger partial charge in [0.25, 0.3) is 0 Å². The van der Waals surface area contributed by atoms with E-state index in [0.717, 1.165) is 17.7 Å². The van der Waals surface area contributed by atoms with Gasteiger partial charge in [0.05, 0.1) is 13.2 Å². The molecule has 1 aliphatic heterocycles. The van der Waals surface area contributed by atoms with Gasteiger partial charge in [0, 0.05) is 17.6 Å². The summed E-state index contributed by atoms with van der Waals surface area (Å²) >= 11 is 0. The Labute approximate surface area is 102 Å². The van der Waals surface area contributed by atoms with E-state index in [4.69, 9.17) is 4.74 Å². The maximum absolute atomic E-state index is 9.59. The highest BCUT2D eigenvalue weighted by Crippen LogP contribution is 2.35. The summed E-state index contributed by atoms with van der Waals surface area (Å²) in [5, 5.41) is 12.9. The number of ether oxygens (including phenoxy) is 1. The topological polar surface area (TPSA) is 41.5 Å². The highest BCUT2D eigenvalue weighted by atomic mass is 35.5. The fraction of sp³-hybridized carbons (Fsp3) is 0.500. The molecule has 0 aromatic heterocycles. The Morgan fingerprint density at radius 1 is 1.44 bits per heavy atom. The second-order valence-electron chi connectivity index (χ2n) is 4.27. The van der Waals surface area contributed by atoms with Crippen LogP contribution in [-0.4, -0.2) is 24.9 Å². The first-order chi connectivity index (χ1) is 7.15. The monoisotopic (exact) mass is 243 g/mol. The summed E-state index contributed by atoms with van der Waals surface area (Å²) in [4.78, 5) is 0. The number of β-amino-alcohol motifs (C(OH)–C–C–N with tert-alkyl or cyclic N) is 1. The van der Waals surface area contributed by atoms with Crippen LogP contribution in [0.15, 0.2) is 24.3 Å². The number of hydrogen-bond acceptors (Lipinski definition) is 3. The van der Waals surface area contributed by atoms with Gasteiger partial charge in [-0.3, -0.25) is 0 Å². The van der Waals surface area contributed by atoms with Gasteiger partial charge in [-0.05, 0) is 19.4 Å². The molecular weight excluding hydrogens is 226 g/mol. The van der Waals surface area contributed by atoms with E-state index in [9.17, 15) is 5.11 Å². The molecule has 0 spiro atoms. The van der Waals surface area contributed by atoms with Crippen molar-refractivity contribution in [3.8, 4) is 5.75 Å². The van der Waals surface area contributed by atoms with Gasteiger partial charge in [-0.25, -0.2) is 0 Å². The Hall–Kier alpha value is -0.770. The second-order valence-corrected chi connectivity index (χ2v) is 4.27. The molecule has 1 aromatic rings. The van der Waals surface area contributed by atoms with E-state index in [0.29, 0.717) is 6.54 Å². The number of nitrogens with one attached hydrogen (secondary N) is 1. The SMILES string of the molecule is COc1ccccc1C1(C)CC(O)CN1.Cl. The number of hydrogen-bond donors (Lipinski definition) is 2. The number of benzene rings is 1. The van der Waals surface area contributed by atoms with Crippen molar-refractivity contribution < 1.29 is 9.84 Å². The van der Waals surface area contributed by atoms with E-state index >= 15 is 0 Å². The zero-order valence-electron chi connectivity index (χ0n) is 9.56. The number of aliphatic hydroxyl groups excluding tert-OH is 1. The van der Waals surface area contributed by atoms with Crippen LogP contribution in [0.2, 0.25) is 0 Å². The summed E-state index contributed by atoms with van der Waals surface area (Å²) in [5.41, 5.74) is 0.940. The zero-order chi connectivity index (χ0) is 10.9. The van der Waals surface area contributed by atoms with Gasteiger partial charge < -0.3 is 15.2 Å². The van der Waals surface area contributed by atoms with Crippen LogP contribution in [0.4, 0.5) is 0 Å². The zero-order valence-corrected chi connectivity index (χ0v) is 10.4. The van der Waals surface area contributed by atoms with Crippen molar-refractivity contribution in [3.63, 3.8) is 0 Å². The Morgan fingerprint density at radius 3 is 2.69 bits per heavy atom. The second kappa shape index (κ2) is 5.04. The van der Waals surface area contributed by atoms with Crippen molar-refractivity contribution in [1.82, 2.24) is 5.32 Å². The van der Waals surface area contributed by atoms with Crippen LogP contribution in [-0.2, 0) is 5.54 Å². The third-order valence-corrected chi connectivity index (χ3v) is 3.07. The highest BCUT2D eigenvalue weighted by Gasteiger charge is 2.36. The molecule has 0 amide bonds. The molecular formula is C12H18ClNO2. The van der Waals surface area contributed by atoms with Crippen molar-refractivity contribution in [2.75, 3.05) is 13.7 Å². The smallest absolute Gasteiger partial charge is 0.123 e. The normalized spacial score (nSPS) is 28.6. The molecule has 1 fully saturated rings. The summed E-state index contributed by atoms with van der Waals surface area (Å²) in [6.07, 6.45) is 0.466. The lowest BCUT2D eigenvalue weighted by Gasteiger charge is -2.26. The average molecular weight is 244 g/mol. The summed E-state index contributed by atoms with van der Waals surface area (Å²) in [7, 11) is 1.67. The van der Waals surface area contributed by atoms with Crippen molar-refractivity contribution in [3.05, 3.63) is 29.8 Å². The van der Waals surface area contributed by atoms with Crippen molar-refractivity contribution in [1.29, 1.82) is 0 Å². The predicted molar refractivity (Wildman–Crippen MR) is 66.2 cm³/mol. The molecule has 1 saturated heterocycles. The third-order valence-electron chi connectivity index (χ3n) is 3.07. The van der Waals surface area contributed by atoms with Gasteiger partial charge in [-0.15, -0.1) is 12.4 Å². The standard InChI is InChI=1S/C12H17NO2.ClH/c1-12(7-9(14)8-13-12)10-5-3-4-6-11(10)15-2;/h3-6,9,13-14H,7-8H2,1-2H3;1H. The number of halogens is 1. The number of methoxy groups -OCH3 is 1. The van der Waals surface area contributed by atoms with Crippen LogP contribution in [0.3, 0.4) is 0 Å². The maximum atomic E-state index is 9.59. The molecule has 16 heavy (non-hydrogen) atoms. The highest BCUT2D eigenvalue weighted by molar-refractivity contribution is 5.85. The summed E-state index contributed by atoms with van der Waals surface area (Å²) in [6.45, 7) is 2.75. The van der Waals surface area contributed by atoms with Gasteiger partial charge in [0.15, 0.2) is 0 Å². The molecule has 1 aliphatic rings. The molecule has 0 radical (unpaired) electrons. The largest absolute Gasteiger partial charge is 0.496 e. The van der Waals surface area contributed by atoms with Gasteiger partial charge in [0.1, 0.15) is 5.75 Å². The Bertz CT molecular complexity index is 359. The molecule has 0 bridgehead atoms. The molecule has 1 aromatic carbocycles. The van der Waals surface area contributed by atoms with Crippen LogP contribution in [0.5, 0.6) is 5.75 Å². The van der Waals surface area contributed by atoms with E-state index in [1.165, 1.54) is 0 Å². The predicted octanol–water partition coefficient (Wildman–Crippen LogP) is 1.69. The minimum atomic E-state index is -0.264. The molecule has 3 nitrogen and oxygen atoms in total. The molecule has 0 saturated carbocycles. The van der Waals surface area contributed by atoms with E-state index in [1.807, 2.05) is 24.3 Å². The first kappa shape index (κ1) is 13.3. The molecule has 2 rings (SSSR count). The molecule has 2 N–H and O–H groups in total. The fourth-order valence-corrected chi connectivity index (χ4v) is 2.26. The van der Waals surface area contributed by atoms with E-state index in [-0.39, 0.29) is 24.0 Å². The van der Waals surface area contributed by atoms with Crippen LogP contribution in [0, 0.1) is 0 Å². The van der Waals surface area contributed by atoms with Crippen LogP contribution in [0.1, 0.15) is 18.9 Å². The number of rotatable bonds is 2. The van der Waals surface area contributed by atoms with Crippen molar-refractivity contribution >= 4 is 12.4 Å². The lowest BCUT2D eigenvalue weighted by molar-refractivity contribution is 0.186.